The molecule has 85 heavy (non-hydrogen) atoms. The molecule has 0 saturated carbocycles. The summed E-state index contributed by atoms with van der Waals surface area (Å²) in [6, 6.07) is 38.1. The van der Waals surface area contributed by atoms with Gasteiger partial charge in [0.2, 0.25) is 0 Å². The molecule has 0 atom stereocenters. The van der Waals surface area contributed by atoms with Gasteiger partial charge in [0.1, 0.15) is 17.5 Å². The number of hydrogen-bond donors (Lipinski definition) is 3. The molecular formula is C69H74F3IN6O5Sn. The quantitative estimate of drug-likeness (QED) is 0.0384. The van der Waals surface area contributed by atoms with Crippen LogP contribution in [-0.4, -0.2) is 81.8 Å². The Bertz CT molecular complexity index is 3890. The summed E-state index contributed by atoms with van der Waals surface area (Å²) in [6.07, 6.45) is 8.10. The minimum Gasteiger partial charge on any atom is -0.350 e. The van der Waals surface area contributed by atoms with Gasteiger partial charge in [0.15, 0.2) is 5.78 Å². The SMILES string of the molecule is C=[C](OCC)[Sn]([CH2]CCC)([CH2]CCC)[CH2]CCC.CC(=O)c1c(-c2ccc(F)cc2)n2c3c(cccc13)C(=O)NCC2.O=C1NCCn2c(-c3ccc(F)cc3)c(I)c3cccc1c32.O=C1NCCn2c(-c3ccc(F)cc3)cc3cccc1c32. The molecule has 3 aliphatic rings. The summed E-state index contributed by atoms with van der Waals surface area (Å²) in [5.41, 5.74) is 10.7. The number of para-hydroxylation sites is 3. The molecule has 6 aromatic carbocycles. The predicted octanol–water partition coefficient (Wildman–Crippen LogP) is 16.3. The van der Waals surface area contributed by atoms with E-state index in [-0.39, 0.29) is 41.0 Å². The summed E-state index contributed by atoms with van der Waals surface area (Å²) in [4.78, 5) is 49.0. The topological polar surface area (TPSA) is 128 Å². The second-order valence-corrected chi connectivity index (χ2v) is 36.1. The zero-order chi connectivity index (χ0) is 60.4. The second-order valence-electron chi connectivity index (χ2n) is 21.8. The fraction of sp³-hybridized carbons (Fsp3) is 0.304. The maximum absolute atomic E-state index is 13.3. The Morgan fingerprint density at radius 3 is 1.44 bits per heavy atom. The number of halogens is 4. The molecular weight excluding hydrogens is 1300 g/mol. The number of nitrogens with zero attached hydrogens (tertiary/aromatic N) is 3. The van der Waals surface area contributed by atoms with Crippen molar-refractivity contribution in [1.82, 2.24) is 29.7 Å². The Labute approximate surface area is 513 Å². The first-order valence-corrected chi connectivity index (χ1v) is 38.2. The number of carbonyl (C=O) groups excluding carboxylic acids is 4. The fourth-order valence-electron chi connectivity index (χ4n) is 12.1. The van der Waals surface area contributed by atoms with E-state index in [0.29, 0.717) is 61.5 Å². The molecule has 0 fully saturated rings. The van der Waals surface area contributed by atoms with E-state index in [9.17, 15) is 32.3 Å². The van der Waals surface area contributed by atoms with Gasteiger partial charge in [-0.2, -0.15) is 0 Å². The van der Waals surface area contributed by atoms with Crippen LogP contribution in [0.4, 0.5) is 13.2 Å². The van der Waals surface area contributed by atoms with E-state index in [1.807, 2.05) is 47.0 Å². The molecule has 0 bridgehead atoms. The third-order valence-corrected chi connectivity index (χ3v) is 32.4. The average Bonchev–Trinajstić information content (AvgIpc) is 3.70. The van der Waals surface area contributed by atoms with Crippen LogP contribution in [0.1, 0.15) is 115 Å². The third kappa shape index (κ3) is 13.5. The molecule has 6 heterocycles. The maximum atomic E-state index is 13.3. The maximum Gasteiger partial charge on any atom is 0.253 e. The monoisotopic (exact) mass is 1370 g/mol. The van der Waals surface area contributed by atoms with E-state index >= 15 is 0 Å². The van der Waals surface area contributed by atoms with Crippen molar-refractivity contribution >= 4 is 97.2 Å². The average molecular weight is 1370 g/mol. The number of aromatic nitrogens is 3. The zero-order valence-electron chi connectivity index (χ0n) is 49.1. The summed E-state index contributed by atoms with van der Waals surface area (Å²) < 4.78 is 58.6. The van der Waals surface area contributed by atoms with Gasteiger partial charge in [-0.3, -0.25) is 19.2 Å². The minimum atomic E-state index is -2.24. The van der Waals surface area contributed by atoms with Gasteiger partial charge >= 0.3 is 120 Å². The third-order valence-electron chi connectivity index (χ3n) is 16.3. The van der Waals surface area contributed by atoms with Crippen LogP contribution in [0.15, 0.2) is 144 Å². The molecule has 0 aliphatic carbocycles. The number of hydrogen-bond acceptors (Lipinski definition) is 5. The van der Waals surface area contributed by atoms with Gasteiger partial charge in [0.05, 0.1) is 50.2 Å². The molecule has 3 amide bonds. The van der Waals surface area contributed by atoms with Crippen LogP contribution in [0.3, 0.4) is 0 Å². The fourth-order valence-corrected chi connectivity index (χ4v) is 27.8. The number of nitrogens with one attached hydrogen (secondary N) is 3. The molecule has 3 N–H and O–H groups in total. The van der Waals surface area contributed by atoms with Gasteiger partial charge in [-0.1, -0.05) is 36.4 Å². The van der Waals surface area contributed by atoms with E-state index in [2.05, 4.69) is 88.0 Å². The van der Waals surface area contributed by atoms with Crippen LogP contribution >= 0.6 is 22.6 Å². The van der Waals surface area contributed by atoms with Gasteiger partial charge in [0, 0.05) is 64.7 Å². The minimum absolute atomic E-state index is 0.0380. The summed E-state index contributed by atoms with van der Waals surface area (Å²) in [5.74, 6) is -1.11. The predicted molar refractivity (Wildman–Crippen MR) is 347 cm³/mol. The Morgan fingerprint density at radius 2 is 0.965 bits per heavy atom. The summed E-state index contributed by atoms with van der Waals surface area (Å²) in [6.45, 7) is 19.3. The molecule has 442 valence electrons. The first kappa shape index (κ1) is 62.4. The Hall–Kier alpha value is -7.12. The van der Waals surface area contributed by atoms with Crippen LogP contribution in [0.25, 0.3) is 66.5 Å². The van der Waals surface area contributed by atoms with Crippen molar-refractivity contribution in [2.75, 3.05) is 26.2 Å². The molecule has 12 rings (SSSR count). The Balaban J connectivity index is 0.000000137. The molecule has 0 unspecified atom stereocenters. The van der Waals surface area contributed by atoms with Crippen molar-refractivity contribution in [2.45, 2.75) is 106 Å². The largest absolute Gasteiger partial charge is 0.350 e. The van der Waals surface area contributed by atoms with Gasteiger partial charge in [-0.25, -0.2) is 13.2 Å². The molecule has 0 saturated heterocycles. The summed E-state index contributed by atoms with van der Waals surface area (Å²) in [7, 11) is 0. The standard InChI is InChI=1S/C19H15FN2O2.C17H12FIN2O.C17H13FN2O.C4H7O.3C4H9.Sn/c1-11(23)16-14-3-2-4-15-18(14)22(10-9-21-19(15)24)17(16)12-5-7-13(20)8-6-12;18-11-6-4-10(5-7-11)15-14(19)12-2-1-3-13-16(12)21(15)9-8-20-17(13)22;18-13-6-4-11(5-7-13)15-10-12-2-1-3-14-16(12)20(15)9-8-19-17(14)21;1-3-5-4-2;3*1-3-4-2;/h2-8H,9-10H2,1H3,(H,21,24);1-7H,8-9H2,(H,20,22);1-7,10H,8-9H2,(H,19,21);1,4H2,2H3;3*1,3-4H2,2H3;. The van der Waals surface area contributed by atoms with Gasteiger partial charge in [-0.05, 0) is 143 Å². The van der Waals surface area contributed by atoms with E-state index in [1.54, 1.807) is 48.5 Å². The summed E-state index contributed by atoms with van der Waals surface area (Å²) in [5, 5.41) is 11.6. The molecule has 11 nitrogen and oxygen atoms in total. The number of carbonyl (C=O) groups is 4. The van der Waals surface area contributed by atoms with Gasteiger partial charge < -0.3 is 29.7 Å². The van der Waals surface area contributed by atoms with Gasteiger partial charge in [0.25, 0.3) is 17.7 Å². The van der Waals surface area contributed by atoms with Gasteiger partial charge in [-0.15, -0.1) is 0 Å². The van der Waals surface area contributed by atoms with E-state index < -0.39 is 18.4 Å². The van der Waals surface area contributed by atoms with Crippen LogP contribution in [0.5, 0.6) is 0 Å². The van der Waals surface area contributed by atoms with Crippen molar-refractivity contribution < 1.29 is 37.1 Å². The molecule has 16 heteroatoms. The number of ether oxygens (including phenoxy) is 1. The first-order valence-electron chi connectivity index (χ1n) is 29.7. The van der Waals surface area contributed by atoms with E-state index in [1.165, 1.54) is 98.9 Å². The molecule has 3 aromatic heterocycles. The summed E-state index contributed by atoms with van der Waals surface area (Å²) >= 11 is 0.0699. The van der Waals surface area contributed by atoms with Crippen molar-refractivity contribution in [3.05, 3.63) is 187 Å². The van der Waals surface area contributed by atoms with Crippen LogP contribution in [-0.2, 0) is 24.4 Å². The molecule has 0 spiro atoms. The van der Waals surface area contributed by atoms with Crippen molar-refractivity contribution in [3.63, 3.8) is 0 Å². The second kappa shape index (κ2) is 28.4. The number of rotatable bonds is 16. The smallest absolute Gasteiger partial charge is 0.253 e. The van der Waals surface area contributed by atoms with Crippen molar-refractivity contribution in [1.29, 1.82) is 0 Å². The molecule has 3 aliphatic heterocycles. The number of amides is 3. The van der Waals surface area contributed by atoms with E-state index in [0.717, 1.165) is 76.7 Å². The number of benzene rings is 6. The van der Waals surface area contributed by atoms with Crippen LogP contribution < -0.4 is 16.0 Å². The number of Topliss-reactive ketones (excluding diaryl/α,β-unsaturated/α-hetero) is 1. The van der Waals surface area contributed by atoms with Crippen molar-refractivity contribution in [3.8, 4) is 33.8 Å². The Kier molecular flexibility index (Phi) is 20.8. The van der Waals surface area contributed by atoms with Crippen LogP contribution in [0, 0.1) is 21.0 Å². The first-order chi connectivity index (χ1) is 41.1. The molecule has 0 radical (unpaired) electrons. The Morgan fingerprint density at radius 1 is 0.553 bits per heavy atom. The number of unbranched alkanes of at least 4 members (excludes halogenated alkanes) is 3. The molecule has 9 aromatic rings. The van der Waals surface area contributed by atoms with Crippen LogP contribution in [0.2, 0.25) is 13.3 Å². The zero-order valence-corrected chi connectivity index (χ0v) is 54.1. The normalized spacial score (nSPS) is 13.4. The van der Waals surface area contributed by atoms with E-state index in [4.69, 9.17) is 4.74 Å². The number of ketones is 1. The van der Waals surface area contributed by atoms with Crippen molar-refractivity contribution in [2.24, 2.45) is 0 Å².